The first-order valence-electron chi connectivity index (χ1n) is 8.27. The van der Waals surface area contributed by atoms with Crippen molar-refractivity contribution in [2.75, 3.05) is 26.1 Å². The molecule has 1 aromatic carbocycles. The minimum absolute atomic E-state index is 0.576. The lowest BCUT2D eigenvalue weighted by Gasteiger charge is -2.15. The first-order valence-corrected chi connectivity index (χ1v) is 8.27. The van der Waals surface area contributed by atoms with Crippen molar-refractivity contribution in [2.45, 2.75) is 27.3 Å². The van der Waals surface area contributed by atoms with Gasteiger partial charge in [0.15, 0.2) is 17.5 Å². The fraction of sp³-hybridized carbons (Fsp3) is 0.444. The van der Waals surface area contributed by atoms with Gasteiger partial charge in [0.2, 0.25) is 0 Å². The van der Waals surface area contributed by atoms with E-state index in [9.17, 15) is 0 Å². The van der Waals surface area contributed by atoms with Crippen LogP contribution in [-0.2, 0) is 13.6 Å². The molecule has 0 saturated carbocycles. The average Bonchev–Trinajstić information content (AvgIpc) is 2.84. The molecule has 0 amide bonds. The first kappa shape index (κ1) is 18.6. The van der Waals surface area contributed by atoms with Gasteiger partial charge in [-0.05, 0) is 32.9 Å². The van der Waals surface area contributed by atoms with Crippen molar-refractivity contribution in [3.63, 3.8) is 0 Å². The normalized spacial score (nSPS) is 11.4. The van der Waals surface area contributed by atoms with Gasteiger partial charge in [-0.1, -0.05) is 0 Å². The van der Waals surface area contributed by atoms with E-state index < -0.39 is 0 Å². The summed E-state index contributed by atoms with van der Waals surface area (Å²) in [5.74, 6) is 2.08. The Hall–Kier alpha value is -2.70. The standard InChI is InChI=1S/C18H27N5O2/c1-7-25-17-10-14(8-9-16(17)24-6)21-18(19-4)20-11-15-12(2)22-23(5)13(15)3/h8-10H,7,11H2,1-6H3,(H2,19,20,21). The molecule has 0 bridgehead atoms. The summed E-state index contributed by atoms with van der Waals surface area (Å²) in [6.45, 7) is 7.24. The predicted molar refractivity (Wildman–Crippen MR) is 101 cm³/mol. The van der Waals surface area contributed by atoms with E-state index in [2.05, 4.69) is 27.6 Å². The molecule has 2 rings (SSSR count). The van der Waals surface area contributed by atoms with Crippen LogP contribution in [0.25, 0.3) is 0 Å². The van der Waals surface area contributed by atoms with Gasteiger partial charge in [-0.2, -0.15) is 5.10 Å². The quantitative estimate of drug-likeness (QED) is 0.622. The van der Waals surface area contributed by atoms with Gasteiger partial charge in [0, 0.05) is 43.7 Å². The second-order valence-electron chi connectivity index (χ2n) is 5.62. The minimum Gasteiger partial charge on any atom is -0.493 e. The van der Waals surface area contributed by atoms with Gasteiger partial charge < -0.3 is 20.1 Å². The second kappa shape index (κ2) is 8.41. The first-order chi connectivity index (χ1) is 12.0. The van der Waals surface area contributed by atoms with E-state index >= 15 is 0 Å². The summed E-state index contributed by atoms with van der Waals surface area (Å²) >= 11 is 0. The molecule has 2 N–H and O–H groups in total. The third kappa shape index (κ3) is 4.43. The van der Waals surface area contributed by atoms with Crippen LogP contribution in [-0.4, -0.2) is 36.5 Å². The number of hydrogen-bond acceptors (Lipinski definition) is 4. The molecule has 0 spiro atoms. The van der Waals surface area contributed by atoms with Crippen molar-refractivity contribution in [1.82, 2.24) is 15.1 Å². The van der Waals surface area contributed by atoms with Crippen LogP contribution in [0, 0.1) is 13.8 Å². The number of anilines is 1. The monoisotopic (exact) mass is 345 g/mol. The Morgan fingerprint density at radius 1 is 1.28 bits per heavy atom. The number of aromatic nitrogens is 2. The number of aryl methyl sites for hydroxylation is 2. The fourth-order valence-electron chi connectivity index (χ4n) is 2.58. The number of nitrogens with zero attached hydrogens (tertiary/aromatic N) is 3. The van der Waals surface area contributed by atoms with E-state index in [1.165, 1.54) is 5.56 Å². The molecule has 0 aliphatic rings. The Balaban J connectivity index is 2.08. The Kier molecular flexibility index (Phi) is 6.27. The van der Waals surface area contributed by atoms with Crippen LogP contribution in [0.4, 0.5) is 5.69 Å². The van der Waals surface area contributed by atoms with E-state index in [1.54, 1.807) is 14.2 Å². The van der Waals surface area contributed by atoms with Crippen molar-refractivity contribution in [3.05, 3.63) is 35.2 Å². The lowest BCUT2D eigenvalue weighted by Crippen LogP contribution is -2.30. The maximum Gasteiger partial charge on any atom is 0.195 e. The fourth-order valence-corrected chi connectivity index (χ4v) is 2.58. The molecule has 136 valence electrons. The average molecular weight is 345 g/mol. The highest BCUT2D eigenvalue weighted by atomic mass is 16.5. The number of hydrogen-bond donors (Lipinski definition) is 2. The summed E-state index contributed by atoms with van der Waals surface area (Å²) < 4.78 is 12.8. The zero-order chi connectivity index (χ0) is 18.4. The van der Waals surface area contributed by atoms with E-state index in [0.717, 1.165) is 17.1 Å². The van der Waals surface area contributed by atoms with Crippen LogP contribution in [0.1, 0.15) is 23.9 Å². The minimum atomic E-state index is 0.576. The van der Waals surface area contributed by atoms with Crippen LogP contribution in [0.3, 0.4) is 0 Å². The van der Waals surface area contributed by atoms with E-state index in [-0.39, 0.29) is 0 Å². The Labute approximate surface area is 149 Å². The molecule has 25 heavy (non-hydrogen) atoms. The van der Waals surface area contributed by atoms with Gasteiger partial charge in [0.25, 0.3) is 0 Å². The molecular formula is C18H27N5O2. The highest BCUT2D eigenvalue weighted by Gasteiger charge is 2.11. The molecule has 0 unspecified atom stereocenters. The number of benzene rings is 1. The third-order valence-corrected chi connectivity index (χ3v) is 4.04. The third-order valence-electron chi connectivity index (χ3n) is 4.04. The molecule has 7 heteroatoms. The molecule has 0 aliphatic heterocycles. The number of ether oxygens (including phenoxy) is 2. The topological polar surface area (TPSA) is 72.7 Å². The lowest BCUT2D eigenvalue weighted by atomic mass is 10.2. The molecule has 0 aliphatic carbocycles. The van der Waals surface area contributed by atoms with Crippen LogP contribution < -0.4 is 20.1 Å². The Morgan fingerprint density at radius 3 is 2.60 bits per heavy atom. The molecule has 1 heterocycles. The Morgan fingerprint density at radius 2 is 2.04 bits per heavy atom. The van der Waals surface area contributed by atoms with Crippen molar-refractivity contribution in [1.29, 1.82) is 0 Å². The van der Waals surface area contributed by atoms with Crippen molar-refractivity contribution < 1.29 is 9.47 Å². The molecule has 1 aromatic heterocycles. The smallest absolute Gasteiger partial charge is 0.195 e. The van der Waals surface area contributed by atoms with E-state index in [1.807, 2.05) is 43.8 Å². The second-order valence-corrected chi connectivity index (χ2v) is 5.62. The number of guanidine groups is 1. The number of aliphatic imine (C=N–C) groups is 1. The summed E-state index contributed by atoms with van der Waals surface area (Å²) in [6.07, 6.45) is 0. The zero-order valence-corrected chi connectivity index (χ0v) is 15.8. The predicted octanol–water partition coefficient (Wildman–Crippen LogP) is 2.63. The summed E-state index contributed by atoms with van der Waals surface area (Å²) in [4.78, 5) is 4.28. The SMILES string of the molecule is CCOc1cc(NC(=NC)NCc2c(C)nn(C)c2C)ccc1OC. The summed E-state index contributed by atoms with van der Waals surface area (Å²) in [5.41, 5.74) is 4.21. The van der Waals surface area contributed by atoms with Crippen LogP contribution >= 0.6 is 0 Å². The molecule has 0 radical (unpaired) electrons. The molecule has 2 aromatic rings. The maximum absolute atomic E-state index is 5.61. The highest BCUT2D eigenvalue weighted by Crippen LogP contribution is 2.30. The van der Waals surface area contributed by atoms with Crippen LogP contribution in [0.15, 0.2) is 23.2 Å². The highest BCUT2D eigenvalue weighted by molar-refractivity contribution is 5.93. The van der Waals surface area contributed by atoms with Crippen LogP contribution in [0.5, 0.6) is 11.5 Å². The molecular weight excluding hydrogens is 318 g/mol. The number of nitrogens with one attached hydrogen (secondary N) is 2. The van der Waals surface area contributed by atoms with Crippen LogP contribution in [0.2, 0.25) is 0 Å². The maximum atomic E-state index is 5.61. The van der Waals surface area contributed by atoms with Gasteiger partial charge in [-0.25, -0.2) is 0 Å². The summed E-state index contributed by atoms with van der Waals surface area (Å²) in [5, 5.41) is 11.0. The van der Waals surface area contributed by atoms with E-state index in [4.69, 9.17) is 9.47 Å². The van der Waals surface area contributed by atoms with Crippen molar-refractivity contribution in [3.8, 4) is 11.5 Å². The Bertz CT molecular complexity index is 752. The largest absolute Gasteiger partial charge is 0.493 e. The van der Waals surface area contributed by atoms with Crippen molar-refractivity contribution in [2.24, 2.45) is 12.0 Å². The van der Waals surface area contributed by atoms with Gasteiger partial charge in [0.1, 0.15) is 0 Å². The van der Waals surface area contributed by atoms with E-state index in [0.29, 0.717) is 30.6 Å². The number of methoxy groups -OCH3 is 1. The summed E-state index contributed by atoms with van der Waals surface area (Å²) in [6, 6.07) is 5.70. The number of rotatable bonds is 6. The zero-order valence-electron chi connectivity index (χ0n) is 15.8. The molecule has 7 nitrogen and oxygen atoms in total. The lowest BCUT2D eigenvalue weighted by molar-refractivity contribution is 0.311. The molecule has 0 fully saturated rings. The van der Waals surface area contributed by atoms with Gasteiger partial charge in [0.05, 0.1) is 19.4 Å². The molecule has 0 saturated heterocycles. The van der Waals surface area contributed by atoms with Gasteiger partial charge in [-0.3, -0.25) is 9.67 Å². The van der Waals surface area contributed by atoms with Gasteiger partial charge >= 0.3 is 0 Å². The summed E-state index contributed by atoms with van der Waals surface area (Å²) in [7, 11) is 5.32. The van der Waals surface area contributed by atoms with Crippen molar-refractivity contribution >= 4 is 11.6 Å². The van der Waals surface area contributed by atoms with Gasteiger partial charge in [-0.15, -0.1) is 0 Å². The molecule has 0 atom stereocenters.